The fraction of sp³-hybridized carbons (Fsp3) is 0.0625. The SMILES string of the molecule is Ic1cccc(NCc2ccc(-n3cccn3)cc2)c1. The number of anilines is 1. The second kappa shape index (κ2) is 6.09. The molecule has 1 heterocycles. The van der Waals surface area contributed by atoms with Crippen molar-refractivity contribution < 1.29 is 0 Å². The molecule has 1 N–H and O–H groups in total. The second-order valence-electron chi connectivity index (χ2n) is 4.48. The smallest absolute Gasteiger partial charge is 0.0645 e. The fourth-order valence-electron chi connectivity index (χ4n) is 1.99. The summed E-state index contributed by atoms with van der Waals surface area (Å²) in [6.07, 6.45) is 3.73. The van der Waals surface area contributed by atoms with Crippen molar-refractivity contribution in [2.24, 2.45) is 0 Å². The number of hydrogen-bond acceptors (Lipinski definition) is 2. The number of nitrogens with one attached hydrogen (secondary N) is 1. The first-order chi connectivity index (χ1) is 9.81. The van der Waals surface area contributed by atoms with Gasteiger partial charge < -0.3 is 5.32 Å². The largest absolute Gasteiger partial charge is 0.381 e. The van der Waals surface area contributed by atoms with Crippen molar-refractivity contribution in [2.75, 3.05) is 5.32 Å². The standard InChI is InChI=1S/C16H14IN3/c17-14-3-1-4-15(11-14)18-12-13-5-7-16(8-6-13)20-10-2-9-19-20/h1-11,18H,12H2. The van der Waals surface area contributed by atoms with Crippen molar-refractivity contribution in [3.63, 3.8) is 0 Å². The molecular weight excluding hydrogens is 361 g/mol. The van der Waals surface area contributed by atoms with Crippen molar-refractivity contribution in [3.05, 3.63) is 76.1 Å². The number of rotatable bonds is 4. The molecule has 0 atom stereocenters. The molecule has 3 nitrogen and oxygen atoms in total. The summed E-state index contributed by atoms with van der Waals surface area (Å²) in [7, 11) is 0. The molecule has 0 amide bonds. The summed E-state index contributed by atoms with van der Waals surface area (Å²) >= 11 is 2.32. The van der Waals surface area contributed by atoms with Crippen molar-refractivity contribution in [2.45, 2.75) is 6.54 Å². The second-order valence-corrected chi connectivity index (χ2v) is 5.73. The Balaban J connectivity index is 1.67. The van der Waals surface area contributed by atoms with Gasteiger partial charge in [0.2, 0.25) is 0 Å². The Morgan fingerprint density at radius 1 is 1.05 bits per heavy atom. The van der Waals surface area contributed by atoms with E-state index in [0.717, 1.165) is 17.9 Å². The first-order valence-electron chi connectivity index (χ1n) is 6.40. The maximum atomic E-state index is 4.22. The van der Waals surface area contributed by atoms with Crippen LogP contribution in [0, 0.1) is 3.57 Å². The molecule has 0 fully saturated rings. The van der Waals surface area contributed by atoms with E-state index in [4.69, 9.17) is 0 Å². The topological polar surface area (TPSA) is 29.9 Å². The van der Waals surface area contributed by atoms with E-state index >= 15 is 0 Å². The van der Waals surface area contributed by atoms with E-state index in [2.05, 4.69) is 81.5 Å². The minimum Gasteiger partial charge on any atom is -0.381 e. The molecule has 3 rings (SSSR count). The maximum Gasteiger partial charge on any atom is 0.0645 e. The van der Waals surface area contributed by atoms with Gasteiger partial charge in [0.1, 0.15) is 0 Å². The molecule has 0 unspecified atom stereocenters. The van der Waals surface area contributed by atoms with Gasteiger partial charge in [-0.05, 0) is 64.6 Å². The first kappa shape index (κ1) is 13.2. The predicted molar refractivity (Wildman–Crippen MR) is 90.0 cm³/mol. The van der Waals surface area contributed by atoms with Crippen LogP contribution in [0.4, 0.5) is 5.69 Å². The molecule has 0 saturated carbocycles. The molecule has 0 radical (unpaired) electrons. The van der Waals surface area contributed by atoms with E-state index in [1.165, 1.54) is 9.13 Å². The highest BCUT2D eigenvalue weighted by Crippen LogP contribution is 2.14. The van der Waals surface area contributed by atoms with Gasteiger partial charge in [-0.2, -0.15) is 5.10 Å². The maximum absolute atomic E-state index is 4.22. The third kappa shape index (κ3) is 3.19. The number of benzene rings is 2. The third-order valence-corrected chi connectivity index (χ3v) is 3.70. The van der Waals surface area contributed by atoms with Crippen LogP contribution in [0.25, 0.3) is 5.69 Å². The zero-order valence-corrected chi connectivity index (χ0v) is 13.0. The van der Waals surface area contributed by atoms with E-state index in [-0.39, 0.29) is 0 Å². The van der Waals surface area contributed by atoms with E-state index < -0.39 is 0 Å². The van der Waals surface area contributed by atoms with E-state index in [1.54, 1.807) is 6.20 Å². The fourth-order valence-corrected chi connectivity index (χ4v) is 2.53. The number of halogens is 1. The van der Waals surface area contributed by atoms with Crippen molar-refractivity contribution in [3.8, 4) is 5.69 Å². The normalized spacial score (nSPS) is 10.4. The molecule has 20 heavy (non-hydrogen) atoms. The highest BCUT2D eigenvalue weighted by molar-refractivity contribution is 14.1. The van der Waals surface area contributed by atoms with Gasteiger partial charge in [-0.1, -0.05) is 18.2 Å². The lowest BCUT2D eigenvalue weighted by atomic mass is 10.2. The van der Waals surface area contributed by atoms with Crippen molar-refractivity contribution in [1.82, 2.24) is 9.78 Å². The van der Waals surface area contributed by atoms with Gasteiger partial charge in [-0.3, -0.25) is 0 Å². The van der Waals surface area contributed by atoms with Gasteiger partial charge >= 0.3 is 0 Å². The first-order valence-corrected chi connectivity index (χ1v) is 7.47. The third-order valence-electron chi connectivity index (χ3n) is 3.03. The molecule has 1 aromatic heterocycles. The Morgan fingerprint density at radius 3 is 2.60 bits per heavy atom. The van der Waals surface area contributed by atoms with Crippen LogP contribution in [0.15, 0.2) is 67.0 Å². The average molecular weight is 375 g/mol. The molecule has 0 aliphatic heterocycles. The molecule has 0 saturated heterocycles. The summed E-state index contributed by atoms with van der Waals surface area (Å²) in [5, 5.41) is 7.65. The molecule has 0 spiro atoms. The van der Waals surface area contributed by atoms with Crippen LogP contribution in [0.5, 0.6) is 0 Å². The summed E-state index contributed by atoms with van der Waals surface area (Å²) in [6, 6.07) is 18.7. The summed E-state index contributed by atoms with van der Waals surface area (Å²) < 4.78 is 3.10. The molecule has 100 valence electrons. The molecule has 0 bridgehead atoms. The van der Waals surface area contributed by atoms with Gasteiger partial charge in [0.15, 0.2) is 0 Å². The lowest BCUT2D eigenvalue weighted by Gasteiger charge is -2.08. The Hall–Kier alpha value is -1.82. The van der Waals surface area contributed by atoms with Crippen LogP contribution in [-0.4, -0.2) is 9.78 Å². The minimum absolute atomic E-state index is 0.819. The van der Waals surface area contributed by atoms with Crippen molar-refractivity contribution >= 4 is 28.3 Å². The van der Waals surface area contributed by atoms with Crippen LogP contribution < -0.4 is 5.32 Å². The summed E-state index contributed by atoms with van der Waals surface area (Å²) in [5.41, 5.74) is 3.47. The molecule has 4 heteroatoms. The highest BCUT2D eigenvalue weighted by Gasteiger charge is 1.98. The van der Waals surface area contributed by atoms with E-state index in [0.29, 0.717) is 0 Å². The van der Waals surface area contributed by atoms with E-state index in [9.17, 15) is 0 Å². The zero-order chi connectivity index (χ0) is 13.8. The quantitative estimate of drug-likeness (QED) is 0.697. The van der Waals surface area contributed by atoms with Gasteiger partial charge in [-0.25, -0.2) is 4.68 Å². The summed E-state index contributed by atoms with van der Waals surface area (Å²) in [4.78, 5) is 0. The van der Waals surface area contributed by atoms with E-state index in [1.807, 2.05) is 16.9 Å². The molecule has 2 aromatic carbocycles. The van der Waals surface area contributed by atoms with Gasteiger partial charge in [-0.15, -0.1) is 0 Å². The van der Waals surface area contributed by atoms with Crippen LogP contribution in [0.1, 0.15) is 5.56 Å². The van der Waals surface area contributed by atoms with Crippen LogP contribution >= 0.6 is 22.6 Å². The molecular formula is C16H14IN3. The monoisotopic (exact) mass is 375 g/mol. The Kier molecular flexibility index (Phi) is 4.01. The predicted octanol–water partition coefficient (Wildman–Crippen LogP) is 4.09. The highest BCUT2D eigenvalue weighted by atomic mass is 127. The number of aromatic nitrogens is 2. The van der Waals surface area contributed by atoms with Crippen LogP contribution in [0.2, 0.25) is 0 Å². The van der Waals surface area contributed by atoms with Gasteiger partial charge in [0.05, 0.1) is 5.69 Å². The molecule has 3 aromatic rings. The van der Waals surface area contributed by atoms with Crippen LogP contribution in [0.3, 0.4) is 0 Å². The van der Waals surface area contributed by atoms with Crippen LogP contribution in [-0.2, 0) is 6.54 Å². The Labute approximate surface area is 131 Å². The van der Waals surface area contributed by atoms with Crippen molar-refractivity contribution in [1.29, 1.82) is 0 Å². The Morgan fingerprint density at radius 2 is 1.90 bits per heavy atom. The molecule has 0 aliphatic rings. The summed E-state index contributed by atoms with van der Waals surface area (Å²) in [5.74, 6) is 0. The Bertz CT molecular complexity index is 675. The lowest BCUT2D eigenvalue weighted by Crippen LogP contribution is -2.00. The number of nitrogens with zero attached hydrogens (tertiary/aromatic N) is 2. The zero-order valence-electron chi connectivity index (χ0n) is 10.8. The minimum atomic E-state index is 0.819. The van der Waals surface area contributed by atoms with Gasteiger partial charge in [0, 0.05) is 28.2 Å². The lowest BCUT2D eigenvalue weighted by molar-refractivity contribution is 0.879. The number of hydrogen-bond donors (Lipinski definition) is 1. The summed E-state index contributed by atoms with van der Waals surface area (Å²) in [6.45, 7) is 0.819. The average Bonchev–Trinajstić information content (AvgIpc) is 3.00. The molecule has 0 aliphatic carbocycles. The van der Waals surface area contributed by atoms with Gasteiger partial charge in [0.25, 0.3) is 0 Å².